The first-order valence-electron chi connectivity index (χ1n) is 32.9. The average Bonchev–Trinajstić information content (AvgIpc) is 1.57. The Morgan fingerprint density at radius 3 is 1.20 bits per heavy atom. The van der Waals surface area contributed by atoms with Crippen molar-refractivity contribution in [2.45, 2.75) is 0 Å². The molecule has 0 amide bonds. The monoisotopic (exact) mass is 1220 g/mol. The topological polar surface area (TPSA) is 46.0 Å². The molecule has 0 saturated carbocycles. The van der Waals surface area contributed by atoms with Crippen LogP contribution in [0.3, 0.4) is 0 Å². The lowest BCUT2D eigenvalue weighted by molar-refractivity contribution is 0.666. The summed E-state index contributed by atoms with van der Waals surface area (Å²) in [6.45, 7) is 0. The summed E-state index contributed by atoms with van der Waals surface area (Å²) in [6, 6.07) is 120. The van der Waals surface area contributed by atoms with E-state index in [9.17, 15) is 0 Å². The summed E-state index contributed by atoms with van der Waals surface area (Å²) in [4.78, 5) is 0. The van der Waals surface area contributed by atoms with Crippen LogP contribution in [-0.4, -0.2) is 18.3 Å². The molecular weight excluding hydrogens is 1170 g/mol. The smallest absolute Gasteiger partial charge is 0.159 e. The normalized spacial score (nSPS) is 12.2. The van der Waals surface area contributed by atoms with Gasteiger partial charge in [-0.15, -0.1) is 0 Å². The second-order valence-corrected chi connectivity index (χ2v) is 25.4. The molecule has 15 aromatic carbocycles. The Morgan fingerprint density at radius 1 is 0.188 bits per heavy atom. The van der Waals surface area contributed by atoms with Crippen molar-refractivity contribution in [2.75, 3.05) is 0 Å². The largest absolute Gasteiger partial charge is 0.455 e. The van der Waals surface area contributed by atoms with Crippen molar-refractivity contribution in [1.29, 1.82) is 0 Å². The fourth-order valence-electron chi connectivity index (χ4n) is 16.2. The van der Waals surface area contributed by atoms with Gasteiger partial charge in [0.05, 0.1) is 55.5 Å². The quantitative estimate of drug-likeness (QED) is 0.152. The lowest BCUT2D eigenvalue weighted by Gasteiger charge is -2.14. The van der Waals surface area contributed by atoms with E-state index in [1.165, 1.54) is 54.2 Å². The molecule has 21 aromatic rings. The maximum Gasteiger partial charge on any atom is 0.159 e. The SMILES string of the molecule is c1ccc(-n2c3cc(-c4ccc5c(c4)c4ccc(-c6cccc7c6c6ccccc6n7-c6cccc7c6oc6ccccc67)cc4n5-c4ccccc4)ccc3c3ccc(-c4cccc5c4c4ccccc4n5-c4ccccc4-c4cccc5c4oc4ccccc45)cc32)cc1. The third kappa shape index (κ3) is 7.57. The fraction of sp³-hybridized carbons (Fsp3) is 0. The molecule has 0 N–H and O–H groups in total. The molecule has 0 aliphatic carbocycles. The van der Waals surface area contributed by atoms with Gasteiger partial charge in [-0.25, -0.2) is 0 Å². The van der Waals surface area contributed by atoms with Gasteiger partial charge < -0.3 is 27.1 Å². The van der Waals surface area contributed by atoms with Crippen LogP contribution in [0.5, 0.6) is 0 Å². The van der Waals surface area contributed by atoms with Gasteiger partial charge in [-0.05, 0) is 137 Å². The van der Waals surface area contributed by atoms with Crippen molar-refractivity contribution in [3.63, 3.8) is 0 Å². The Bertz CT molecular complexity index is 6830. The van der Waals surface area contributed by atoms with Crippen LogP contribution < -0.4 is 0 Å². The highest BCUT2D eigenvalue weighted by Gasteiger charge is 2.25. The minimum atomic E-state index is 0.882. The molecule has 0 spiro atoms. The Labute approximate surface area is 549 Å². The molecule has 446 valence electrons. The van der Waals surface area contributed by atoms with Gasteiger partial charge in [0.25, 0.3) is 0 Å². The molecular formula is C90H54N4O2. The van der Waals surface area contributed by atoms with Crippen molar-refractivity contribution >= 4 is 131 Å². The van der Waals surface area contributed by atoms with Gasteiger partial charge in [0, 0.05) is 87.1 Å². The number of fused-ring (bicyclic) bond motifs is 18. The molecule has 0 aliphatic heterocycles. The molecule has 0 radical (unpaired) electrons. The molecule has 6 aromatic heterocycles. The molecule has 6 heterocycles. The molecule has 0 aliphatic rings. The highest BCUT2D eigenvalue weighted by atomic mass is 16.3. The number of furan rings is 2. The number of aromatic nitrogens is 4. The predicted molar refractivity (Wildman–Crippen MR) is 400 cm³/mol. The Kier molecular flexibility index (Phi) is 11.1. The Morgan fingerprint density at radius 2 is 0.573 bits per heavy atom. The van der Waals surface area contributed by atoms with Crippen LogP contribution in [0.4, 0.5) is 0 Å². The van der Waals surface area contributed by atoms with Gasteiger partial charge in [0.2, 0.25) is 0 Å². The van der Waals surface area contributed by atoms with E-state index >= 15 is 0 Å². The lowest BCUT2D eigenvalue weighted by Crippen LogP contribution is -1.97. The van der Waals surface area contributed by atoms with Crippen molar-refractivity contribution < 1.29 is 8.83 Å². The van der Waals surface area contributed by atoms with E-state index in [0.29, 0.717) is 0 Å². The van der Waals surface area contributed by atoms with Crippen molar-refractivity contribution in [2.24, 2.45) is 0 Å². The molecule has 21 rings (SSSR count). The molecule has 0 atom stereocenters. The first-order valence-corrected chi connectivity index (χ1v) is 32.9. The van der Waals surface area contributed by atoms with Crippen molar-refractivity contribution in [3.8, 4) is 67.3 Å². The minimum absolute atomic E-state index is 0.882. The second kappa shape index (κ2) is 20.3. The summed E-state index contributed by atoms with van der Waals surface area (Å²) in [7, 11) is 0. The van der Waals surface area contributed by atoms with Gasteiger partial charge in [0.15, 0.2) is 5.58 Å². The highest BCUT2D eigenvalue weighted by Crippen LogP contribution is 2.48. The van der Waals surface area contributed by atoms with Crippen LogP contribution in [0, 0.1) is 0 Å². The van der Waals surface area contributed by atoms with Crippen molar-refractivity contribution in [3.05, 3.63) is 328 Å². The van der Waals surface area contributed by atoms with E-state index in [2.05, 4.69) is 334 Å². The van der Waals surface area contributed by atoms with E-state index in [0.717, 1.165) is 144 Å². The first-order chi connectivity index (χ1) is 47.6. The molecule has 6 heteroatoms. The van der Waals surface area contributed by atoms with Gasteiger partial charge in [0.1, 0.15) is 16.7 Å². The van der Waals surface area contributed by atoms with Gasteiger partial charge >= 0.3 is 0 Å². The third-order valence-corrected chi connectivity index (χ3v) is 20.4. The van der Waals surface area contributed by atoms with Crippen LogP contribution in [0.2, 0.25) is 0 Å². The van der Waals surface area contributed by atoms with E-state index in [4.69, 9.17) is 8.83 Å². The summed E-state index contributed by atoms with van der Waals surface area (Å²) in [5, 5.41) is 14.1. The molecule has 0 unspecified atom stereocenters. The minimum Gasteiger partial charge on any atom is -0.455 e. The Balaban J connectivity index is 0.710. The molecule has 0 fully saturated rings. The van der Waals surface area contributed by atoms with E-state index < -0.39 is 0 Å². The van der Waals surface area contributed by atoms with Crippen molar-refractivity contribution in [1.82, 2.24) is 18.3 Å². The van der Waals surface area contributed by atoms with Gasteiger partial charge in [-0.1, -0.05) is 224 Å². The fourth-order valence-corrected chi connectivity index (χ4v) is 16.2. The standard InChI is InChI=1S/C90H54N4O2/c1-3-21-59(22-4-1)91-78-50-46-55(51-74(78)66-49-45-58(54-84(66)91)62-31-19-39-80-88(62)73-29-9-14-37-77(73)94(80)81-40-20-34-71-68-27-11-16-42-86(68)96-90(71)81)56-43-47-64-65-48-44-57(53-83(65)92(82(64)52-56)60-23-5-2-6-24-60)61-30-18-38-79-87(61)72-28-8-13-36-76(72)93(79)75-35-12-7-25-63(75)69-32-17-33-70-67-26-10-15-41-85(67)95-89(69)70/h1-54H. The number of hydrogen-bond donors (Lipinski definition) is 0. The Hall–Kier alpha value is -12.9. The molecule has 96 heavy (non-hydrogen) atoms. The second-order valence-electron chi connectivity index (χ2n) is 25.4. The maximum absolute atomic E-state index is 6.69. The van der Waals surface area contributed by atoms with Gasteiger partial charge in [-0.3, -0.25) is 0 Å². The zero-order valence-corrected chi connectivity index (χ0v) is 51.8. The van der Waals surface area contributed by atoms with E-state index in [1.54, 1.807) is 0 Å². The van der Waals surface area contributed by atoms with Crippen LogP contribution in [0.1, 0.15) is 0 Å². The number of rotatable bonds is 8. The van der Waals surface area contributed by atoms with Crippen LogP contribution in [0.25, 0.3) is 198 Å². The number of benzene rings is 15. The predicted octanol–water partition coefficient (Wildman–Crippen LogP) is 24.5. The maximum atomic E-state index is 6.69. The van der Waals surface area contributed by atoms with E-state index in [1.807, 2.05) is 12.1 Å². The number of nitrogens with zero attached hydrogens (tertiary/aromatic N) is 4. The molecule has 6 nitrogen and oxygen atoms in total. The van der Waals surface area contributed by atoms with E-state index in [-0.39, 0.29) is 0 Å². The zero-order chi connectivity index (χ0) is 62.7. The lowest BCUT2D eigenvalue weighted by atomic mass is 9.97. The van der Waals surface area contributed by atoms with Gasteiger partial charge in [-0.2, -0.15) is 0 Å². The zero-order valence-electron chi connectivity index (χ0n) is 51.8. The average molecular weight is 1220 g/mol. The van der Waals surface area contributed by atoms with Crippen LogP contribution in [-0.2, 0) is 0 Å². The highest BCUT2D eigenvalue weighted by molar-refractivity contribution is 6.21. The van der Waals surface area contributed by atoms with Crippen LogP contribution in [0.15, 0.2) is 336 Å². The summed E-state index contributed by atoms with van der Waals surface area (Å²) in [5.74, 6) is 0. The third-order valence-electron chi connectivity index (χ3n) is 20.4. The summed E-state index contributed by atoms with van der Waals surface area (Å²) in [5.41, 5.74) is 26.2. The molecule has 0 saturated heterocycles. The number of hydrogen-bond acceptors (Lipinski definition) is 2. The summed E-state index contributed by atoms with van der Waals surface area (Å²) >= 11 is 0. The molecule has 0 bridgehead atoms. The first kappa shape index (κ1) is 52.7. The summed E-state index contributed by atoms with van der Waals surface area (Å²) in [6.07, 6.45) is 0. The summed E-state index contributed by atoms with van der Waals surface area (Å²) < 4.78 is 23.1. The van der Waals surface area contributed by atoms with Crippen LogP contribution >= 0.6 is 0 Å². The number of para-hydroxylation sites is 9.